The maximum absolute atomic E-state index is 15.5. The van der Waals surface area contributed by atoms with Crippen molar-refractivity contribution in [2.45, 2.75) is 0 Å². The number of hydrogen-bond donors (Lipinski definition) is 0. The molecule has 1 aromatic heterocycles. The minimum atomic E-state index is -3.17. The zero-order valence-corrected chi connectivity index (χ0v) is 28.7. The predicted octanol–water partition coefficient (Wildman–Crippen LogP) is 11.5. The fraction of sp³-hybridized carbons (Fsp3) is 0. The lowest BCUT2D eigenvalue weighted by Crippen LogP contribution is -2.24. The Balaban J connectivity index is 1.24. The normalized spacial score (nSPS) is 12.0. The highest BCUT2D eigenvalue weighted by molar-refractivity contribution is 7.85. The summed E-state index contributed by atoms with van der Waals surface area (Å²) < 4.78 is 17.8. The molecule has 2 nitrogen and oxygen atoms in total. The zero-order valence-electron chi connectivity index (χ0n) is 27.8. The molecule has 240 valence electrons. The largest absolute Gasteiger partial charge is 0.309 e. The number of benzene rings is 9. The lowest BCUT2D eigenvalue weighted by molar-refractivity contribution is 0.592. The molecule has 0 unspecified atom stereocenters. The van der Waals surface area contributed by atoms with E-state index in [9.17, 15) is 0 Å². The molecule has 0 radical (unpaired) electrons. The SMILES string of the molecule is O=P(c1ccccc1)(c1ccccc1)c1ccc2c(c1)c1cc(-c3ccc4c5ccccc5c5ccccc5c4c3)ccc1n2-c1ccccc1. The van der Waals surface area contributed by atoms with Gasteiger partial charge in [0, 0.05) is 32.4 Å². The van der Waals surface area contributed by atoms with Crippen LogP contribution < -0.4 is 15.9 Å². The first-order valence-corrected chi connectivity index (χ1v) is 19.1. The Hall–Kier alpha value is -6.21. The van der Waals surface area contributed by atoms with Crippen molar-refractivity contribution in [2.24, 2.45) is 0 Å². The van der Waals surface area contributed by atoms with E-state index in [1.54, 1.807) is 0 Å². The van der Waals surface area contributed by atoms with Gasteiger partial charge in [0.1, 0.15) is 0 Å². The zero-order chi connectivity index (χ0) is 33.9. The average molecular weight is 670 g/mol. The third kappa shape index (κ3) is 4.61. The molecule has 10 rings (SSSR count). The molecule has 0 amide bonds. The molecular weight excluding hydrogens is 638 g/mol. The Morgan fingerprint density at radius 2 is 0.725 bits per heavy atom. The molecule has 10 aromatic rings. The molecule has 51 heavy (non-hydrogen) atoms. The van der Waals surface area contributed by atoms with Crippen LogP contribution in [0.2, 0.25) is 0 Å². The molecule has 1 heterocycles. The minimum absolute atomic E-state index is 0.828. The fourth-order valence-corrected chi connectivity index (χ4v) is 10.7. The second kappa shape index (κ2) is 11.7. The van der Waals surface area contributed by atoms with Gasteiger partial charge in [-0.25, -0.2) is 0 Å². The number of rotatable bonds is 5. The first kappa shape index (κ1) is 29.7. The summed E-state index contributed by atoms with van der Waals surface area (Å²) >= 11 is 0. The van der Waals surface area contributed by atoms with Gasteiger partial charge < -0.3 is 9.13 Å². The molecule has 9 aromatic carbocycles. The molecule has 0 N–H and O–H groups in total. The van der Waals surface area contributed by atoms with Crippen molar-refractivity contribution in [3.8, 4) is 16.8 Å². The molecule has 0 fully saturated rings. The number of hydrogen-bond acceptors (Lipinski definition) is 1. The maximum Gasteiger partial charge on any atom is 0.171 e. The van der Waals surface area contributed by atoms with E-state index in [0.717, 1.165) is 49.0 Å². The molecule has 0 saturated carbocycles. The standard InChI is InChI=1S/C48H32NOP/c50-51(36-16-6-2-7-17-36,37-18-8-3-9-19-37)38-26-29-48-46(32-38)45-31-34(25-28-47(45)49(48)35-14-4-1-5-15-35)33-24-27-43-41-22-11-10-20-39(41)40-21-12-13-23-42(40)44(43)30-33/h1-32H. The maximum atomic E-state index is 15.5. The Bertz CT molecular complexity index is 2900. The van der Waals surface area contributed by atoms with Crippen LogP contribution in [0.1, 0.15) is 0 Å². The summed E-state index contributed by atoms with van der Waals surface area (Å²) in [7, 11) is -3.17. The Labute approximate surface area is 296 Å². The fourth-order valence-electron chi connectivity index (χ4n) is 8.05. The predicted molar refractivity (Wildman–Crippen MR) is 218 cm³/mol. The summed E-state index contributed by atoms with van der Waals surface area (Å²) in [6.45, 7) is 0. The van der Waals surface area contributed by atoms with Crippen molar-refractivity contribution in [1.29, 1.82) is 0 Å². The van der Waals surface area contributed by atoms with Crippen molar-refractivity contribution in [1.82, 2.24) is 4.57 Å². The summed E-state index contributed by atoms with van der Waals surface area (Å²) in [6, 6.07) is 67.9. The molecule has 3 heteroatoms. The van der Waals surface area contributed by atoms with Gasteiger partial charge >= 0.3 is 0 Å². The third-order valence-electron chi connectivity index (χ3n) is 10.4. The summed E-state index contributed by atoms with van der Waals surface area (Å²) in [4.78, 5) is 0. The van der Waals surface area contributed by atoms with Crippen molar-refractivity contribution < 1.29 is 4.57 Å². The van der Waals surface area contributed by atoms with Gasteiger partial charge in [-0.3, -0.25) is 0 Å². The highest BCUT2D eigenvalue weighted by Gasteiger charge is 2.30. The minimum Gasteiger partial charge on any atom is -0.309 e. The van der Waals surface area contributed by atoms with Crippen molar-refractivity contribution in [3.05, 3.63) is 194 Å². The van der Waals surface area contributed by atoms with E-state index in [-0.39, 0.29) is 0 Å². The summed E-state index contributed by atoms with van der Waals surface area (Å²) in [5.41, 5.74) is 5.61. The van der Waals surface area contributed by atoms with Crippen LogP contribution in [-0.4, -0.2) is 4.57 Å². The van der Waals surface area contributed by atoms with E-state index in [2.05, 4.69) is 138 Å². The molecule has 0 aliphatic rings. The highest BCUT2D eigenvalue weighted by Crippen LogP contribution is 2.45. The number of para-hydroxylation sites is 1. The monoisotopic (exact) mass is 669 g/mol. The first-order chi connectivity index (χ1) is 25.2. The van der Waals surface area contributed by atoms with Gasteiger partial charge in [-0.05, 0) is 92.0 Å². The van der Waals surface area contributed by atoms with Gasteiger partial charge in [-0.1, -0.05) is 146 Å². The van der Waals surface area contributed by atoms with E-state index in [0.29, 0.717) is 0 Å². The molecule has 0 bridgehead atoms. The van der Waals surface area contributed by atoms with Crippen LogP contribution in [0.25, 0.3) is 70.9 Å². The summed E-state index contributed by atoms with van der Waals surface area (Å²) in [6.07, 6.45) is 0. The van der Waals surface area contributed by atoms with E-state index in [4.69, 9.17) is 0 Å². The molecule has 0 atom stereocenters. The molecular formula is C48H32NOP. The van der Waals surface area contributed by atoms with Crippen LogP contribution in [0.5, 0.6) is 0 Å². The van der Waals surface area contributed by atoms with E-state index < -0.39 is 7.14 Å². The van der Waals surface area contributed by atoms with Crippen LogP contribution in [0, 0.1) is 0 Å². The smallest absolute Gasteiger partial charge is 0.171 e. The average Bonchev–Trinajstić information content (AvgIpc) is 3.54. The van der Waals surface area contributed by atoms with Gasteiger partial charge in [0.05, 0.1) is 11.0 Å². The lowest BCUT2D eigenvalue weighted by atomic mass is 9.92. The molecule has 0 spiro atoms. The summed E-state index contributed by atoms with van der Waals surface area (Å²) in [5, 5.41) is 12.3. The van der Waals surface area contributed by atoms with Gasteiger partial charge in [0.15, 0.2) is 7.14 Å². The second-order valence-electron chi connectivity index (χ2n) is 13.2. The molecule has 0 aliphatic heterocycles. The van der Waals surface area contributed by atoms with Crippen molar-refractivity contribution in [3.63, 3.8) is 0 Å². The van der Waals surface area contributed by atoms with Crippen LogP contribution in [0.4, 0.5) is 0 Å². The van der Waals surface area contributed by atoms with Crippen molar-refractivity contribution in [2.75, 3.05) is 0 Å². The van der Waals surface area contributed by atoms with E-state index in [1.165, 1.54) is 37.9 Å². The Kier molecular flexibility index (Phi) is 6.81. The topological polar surface area (TPSA) is 22.0 Å². The first-order valence-electron chi connectivity index (χ1n) is 17.4. The van der Waals surface area contributed by atoms with Crippen LogP contribution in [0.15, 0.2) is 194 Å². The second-order valence-corrected chi connectivity index (χ2v) is 16.0. The summed E-state index contributed by atoms with van der Waals surface area (Å²) in [5.74, 6) is 0. The molecule has 0 saturated heterocycles. The van der Waals surface area contributed by atoms with Crippen molar-refractivity contribution >= 4 is 77.2 Å². The number of aromatic nitrogens is 1. The van der Waals surface area contributed by atoms with Crippen LogP contribution in [0.3, 0.4) is 0 Å². The number of fused-ring (bicyclic) bond motifs is 9. The van der Waals surface area contributed by atoms with Gasteiger partial charge in [0.2, 0.25) is 0 Å². The van der Waals surface area contributed by atoms with E-state index >= 15 is 4.57 Å². The Morgan fingerprint density at radius 1 is 0.314 bits per heavy atom. The third-order valence-corrected chi connectivity index (χ3v) is 13.5. The Morgan fingerprint density at radius 3 is 1.29 bits per heavy atom. The van der Waals surface area contributed by atoms with Crippen LogP contribution >= 0.6 is 7.14 Å². The van der Waals surface area contributed by atoms with Gasteiger partial charge in [-0.15, -0.1) is 0 Å². The van der Waals surface area contributed by atoms with Gasteiger partial charge in [0.25, 0.3) is 0 Å². The lowest BCUT2D eigenvalue weighted by Gasteiger charge is -2.20. The molecule has 0 aliphatic carbocycles. The number of nitrogens with zero attached hydrogens (tertiary/aromatic N) is 1. The highest BCUT2D eigenvalue weighted by atomic mass is 31.2. The van der Waals surface area contributed by atoms with E-state index in [1.807, 2.05) is 60.7 Å². The van der Waals surface area contributed by atoms with Gasteiger partial charge in [-0.2, -0.15) is 0 Å². The quantitative estimate of drug-likeness (QED) is 0.132. The van der Waals surface area contributed by atoms with Crippen LogP contribution in [-0.2, 0) is 4.57 Å².